The van der Waals surface area contributed by atoms with Gasteiger partial charge in [-0.25, -0.2) is 0 Å². The van der Waals surface area contributed by atoms with E-state index in [2.05, 4.69) is 21.2 Å². The minimum absolute atomic E-state index is 0.0139. The van der Waals surface area contributed by atoms with Gasteiger partial charge in [-0.15, -0.1) is 0 Å². The molecule has 0 amide bonds. The number of carbonyl (C=O) groups is 2. The molecule has 2 aromatic carbocycles. The molecule has 1 aliphatic rings. The normalized spacial score (nSPS) is 22.9. The first-order valence-corrected chi connectivity index (χ1v) is 10.9. The van der Waals surface area contributed by atoms with Gasteiger partial charge in [0.2, 0.25) is 0 Å². The molecule has 1 saturated heterocycles. The number of benzene rings is 2. The van der Waals surface area contributed by atoms with Crippen LogP contribution in [0.4, 0.5) is 8.78 Å². The summed E-state index contributed by atoms with van der Waals surface area (Å²) >= 11 is 2.39. The first kappa shape index (κ1) is 24.1. The van der Waals surface area contributed by atoms with Crippen molar-refractivity contribution in [1.29, 1.82) is 0 Å². The van der Waals surface area contributed by atoms with E-state index >= 15 is 0 Å². The summed E-state index contributed by atoms with van der Waals surface area (Å²) in [6, 6.07) is 13.2. The summed E-state index contributed by atoms with van der Waals surface area (Å²) in [6.45, 7) is 1.51. The quantitative estimate of drug-likeness (QED) is 0.422. The summed E-state index contributed by atoms with van der Waals surface area (Å²) in [5.41, 5.74) is 1.18. The van der Waals surface area contributed by atoms with Crippen LogP contribution < -0.4 is 10.1 Å². The topological polar surface area (TPSA) is 73.9 Å². The molecule has 0 bridgehead atoms. The highest BCUT2D eigenvalue weighted by atomic mass is 79.9. The van der Waals surface area contributed by atoms with Crippen molar-refractivity contribution in [1.82, 2.24) is 5.32 Å². The molecule has 1 fully saturated rings. The van der Waals surface area contributed by atoms with E-state index in [1.807, 2.05) is 6.07 Å². The second kappa shape index (κ2) is 10.4. The lowest BCUT2D eigenvalue weighted by atomic mass is 9.84. The monoisotopic (exact) mass is 511 g/mol. The summed E-state index contributed by atoms with van der Waals surface area (Å²) < 4.78 is 45.3. The van der Waals surface area contributed by atoms with Crippen molar-refractivity contribution in [2.45, 2.75) is 30.4 Å². The summed E-state index contributed by atoms with van der Waals surface area (Å²) in [6.07, 6.45) is 0. The minimum atomic E-state index is -3.55. The van der Waals surface area contributed by atoms with Crippen LogP contribution in [0.3, 0.4) is 0 Å². The van der Waals surface area contributed by atoms with Gasteiger partial charge in [0.1, 0.15) is 18.4 Å². The molecular formula is C23H24BrF2NO5. The van der Waals surface area contributed by atoms with Crippen LogP contribution in [0.1, 0.15) is 24.1 Å². The maximum atomic E-state index is 14.8. The lowest BCUT2D eigenvalue weighted by molar-refractivity contribution is -0.157. The molecule has 172 valence electrons. The zero-order chi connectivity index (χ0) is 23.3. The van der Waals surface area contributed by atoms with E-state index in [1.54, 1.807) is 55.5 Å². The van der Waals surface area contributed by atoms with Crippen molar-refractivity contribution in [3.8, 4) is 5.75 Å². The smallest absolute Gasteiger partial charge is 0.323 e. The Kier molecular flexibility index (Phi) is 7.84. The van der Waals surface area contributed by atoms with Gasteiger partial charge in [-0.1, -0.05) is 48.5 Å². The SMILES string of the molecule is CCOC(=O)[C@H]1N[C@@H](c2ccccc2OC)[C@@H](C(=O)OCc2ccccc2)[C@@H]1C(F)(F)Br. The van der Waals surface area contributed by atoms with E-state index in [0.717, 1.165) is 0 Å². The highest BCUT2D eigenvalue weighted by Gasteiger charge is 2.61. The Morgan fingerprint density at radius 2 is 1.69 bits per heavy atom. The zero-order valence-corrected chi connectivity index (χ0v) is 19.2. The Bertz CT molecular complexity index is 937. The average Bonchev–Trinajstić information content (AvgIpc) is 3.19. The fourth-order valence-electron chi connectivity index (χ4n) is 3.97. The Hall–Kier alpha value is -2.52. The second-order valence-corrected chi connectivity index (χ2v) is 8.36. The number of methoxy groups -OCH3 is 1. The van der Waals surface area contributed by atoms with E-state index < -0.39 is 40.7 Å². The number of nitrogens with one attached hydrogen (secondary N) is 1. The van der Waals surface area contributed by atoms with Crippen molar-refractivity contribution < 1.29 is 32.6 Å². The number of alkyl halides is 3. The number of ether oxygens (including phenoxy) is 3. The standard InChI is InChI=1S/C23H24BrF2NO5/c1-3-31-22(29)20-18(23(24,25)26)17(21(28)32-13-14-9-5-4-6-10-14)19(27-20)15-11-7-8-12-16(15)30-2/h4-12,17-20,27H,3,13H2,1-2H3/t17-,18-,19-,20-/m0/s1. The van der Waals surface area contributed by atoms with Crippen LogP contribution in [0.25, 0.3) is 0 Å². The predicted octanol–water partition coefficient (Wildman–Crippen LogP) is 4.23. The average molecular weight is 512 g/mol. The first-order valence-electron chi connectivity index (χ1n) is 10.1. The van der Waals surface area contributed by atoms with E-state index in [0.29, 0.717) is 16.9 Å². The molecule has 0 aromatic heterocycles. The maximum absolute atomic E-state index is 14.8. The van der Waals surface area contributed by atoms with Crippen molar-refractivity contribution in [3.05, 3.63) is 65.7 Å². The summed E-state index contributed by atoms with van der Waals surface area (Å²) in [7, 11) is 1.44. The lowest BCUT2D eigenvalue weighted by Crippen LogP contribution is -2.44. The van der Waals surface area contributed by atoms with Crippen LogP contribution >= 0.6 is 15.9 Å². The van der Waals surface area contributed by atoms with Crippen LogP contribution in [0.2, 0.25) is 0 Å². The van der Waals surface area contributed by atoms with E-state index in [4.69, 9.17) is 14.2 Å². The van der Waals surface area contributed by atoms with Gasteiger partial charge in [-0.05, 0) is 34.5 Å². The van der Waals surface area contributed by atoms with Crippen molar-refractivity contribution in [2.75, 3.05) is 13.7 Å². The fourth-order valence-corrected chi connectivity index (χ4v) is 4.52. The molecule has 1 aliphatic heterocycles. The molecule has 3 rings (SSSR count). The highest BCUT2D eigenvalue weighted by molar-refractivity contribution is 9.10. The number of rotatable bonds is 8. The van der Waals surface area contributed by atoms with Gasteiger partial charge in [0.15, 0.2) is 0 Å². The molecule has 0 unspecified atom stereocenters. The molecule has 0 radical (unpaired) electrons. The molecule has 0 spiro atoms. The number of para-hydroxylation sites is 1. The number of hydrogen-bond donors (Lipinski definition) is 1. The molecule has 6 nitrogen and oxygen atoms in total. The summed E-state index contributed by atoms with van der Waals surface area (Å²) in [5, 5.41) is 2.89. The largest absolute Gasteiger partial charge is 0.496 e. The predicted molar refractivity (Wildman–Crippen MR) is 116 cm³/mol. The molecule has 2 aromatic rings. The Labute approximate surface area is 193 Å². The fraction of sp³-hybridized carbons (Fsp3) is 0.391. The van der Waals surface area contributed by atoms with Crippen LogP contribution in [0.15, 0.2) is 54.6 Å². The van der Waals surface area contributed by atoms with Crippen molar-refractivity contribution in [2.24, 2.45) is 11.8 Å². The Morgan fingerprint density at radius 3 is 2.31 bits per heavy atom. The molecule has 9 heteroatoms. The third-order valence-electron chi connectivity index (χ3n) is 5.35. The number of esters is 2. The van der Waals surface area contributed by atoms with Gasteiger partial charge in [-0.3, -0.25) is 14.9 Å². The van der Waals surface area contributed by atoms with Gasteiger partial charge in [0.25, 0.3) is 0 Å². The summed E-state index contributed by atoms with van der Waals surface area (Å²) in [4.78, 5) is 22.2. The molecule has 0 saturated carbocycles. The van der Waals surface area contributed by atoms with Crippen molar-refractivity contribution >= 4 is 27.9 Å². The molecule has 4 atom stereocenters. The van der Waals surface area contributed by atoms with Gasteiger partial charge in [0.05, 0.1) is 31.6 Å². The molecular weight excluding hydrogens is 488 g/mol. The maximum Gasteiger partial charge on any atom is 0.323 e. The van der Waals surface area contributed by atoms with Gasteiger partial charge >= 0.3 is 16.8 Å². The van der Waals surface area contributed by atoms with Gasteiger partial charge in [0, 0.05) is 5.56 Å². The van der Waals surface area contributed by atoms with E-state index in [1.165, 1.54) is 7.11 Å². The molecule has 32 heavy (non-hydrogen) atoms. The van der Waals surface area contributed by atoms with Crippen LogP contribution in [0.5, 0.6) is 5.75 Å². The second-order valence-electron chi connectivity index (χ2n) is 7.30. The van der Waals surface area contributed by atoms with Crippen LogP contribution in [0, 0.1) is 11.8 Å². The van der Waals surface area contributed by atoms with E-state index in [9.17, 15) is 18.4 Å². The number of hydrogen-bond acceptors (Lipinski definition) is 6. The third kappa shape index (κ3) is 5.27. The number of halogens is 3. The number of carbonyl (C=O) groups excluding carboxylic acids is 2. The molecule has 1 N–H and O–H groups in total. The molecule has 0 aliphatic carbocycles. The van der Waals surface area contributed by atoms with Crippen LogP contribution in [-0.4, -0.2) is 36.5 Å². The Balaban J connectivity index is 2.00. The molecule has 1 heterocycles. The summed E-state index contributed by atoms with van der Waals surface area (Å²) in [5.74, 6) is -4.46. The van der Waals surface area contributed by atoms with Crippen LogP contribution in [-0.2, 0) is 25.7 Å². The minimum Gasteiger partial charge on any atom is -0.496 e. The van der Waals surface area contributed by atoms with Crippen molar-refractivity contribution in [3.63, 3.8) is 0 Å². The third-order valence-corrected chi connectivity index (χ3v) is 5.88. The first-order chi connectivity index (χ1) is 15.3. The highest BCUT2D eigenvalue weighted by Crippen LogP contribution is 2.50. The van der Waals surface area contributed by atoms with Gasteiger partial charge in [-0.2, -0.15) is 8.78 Å². The zero-order valence-electron chi connectivity index (χ0n) is 17.6. The Morgan fingerprint density at radius 1 is 1.03 bits per heavy atom. The lowest BCUT2D eigenvalue weighted by Gasteiger charge is -2.27. The van der Waals surface area contributed by atoms with Gasteiger partial charge < -0.3 is 14.2 Å². The van der Waals surface area contributed by atoms with E-state index in [-0.39, 0.29) is 13.2 Å².